The van der Waals surface area contributed by atoms with Gasteiger partial charge in [-0.1, -0.05) is 6.07 Å². The smallest absolute Gasteiger partial charge is 0.182 e. The van der Waals surface area contributed by atoms with Crippen LogP contribution in [-0.2, 0) is 11.8 Å². The first-order valence-electron chi connectivity index (χ1n) is 9.70. The Morgan fingerprint density at radius 2 is 2.00 bits per heavy atom. The van der Waals surface area contributed by atoms with Crippen LogP contribution < -0.4 is 4.90 Å². The quantitative estimate of drug-likeness (QED) is 0.668. The first kappa shape index (κ1) is 18.8. The van der Waals surface area contributed by atoms with Gasteiger partial charge < -0.3 is 9.64 Å². The fraction of sp³-hybridized carbons (Fsp3) is 0.500. The number of hydrogen-bond acceptors (Lipinski definition) is 7. The normalized spacial score (nSPS) is 16.4. The Morgan fingerprint density at radius 1 is 1.21 bits per heavy atom. The highest BCUT2D eigenvalue weighted by atomic mass is 16.5. The van der Waals surface area contributed by atoms with E-state index in [1.54, 1.807) is 6.20 Å². The van der Waals surface area contributed by atoms with Crippen LogP contribution in [0.5, 0.6) is 0 Å². The van der Waals surface area contributed by atoms with E-state index in [4.69, 9.17) is 14.7 Å². The summed E-state index contributed by atoms with van der Waals surface area (Å²) in [5.74, 6) is 1.52. The van der Waals surface area contributed by atoms with E-state index in [-0.39, 0.29) is 0 Å². The van der Waals surface area contributed by atoms with Crippen molar-refractivity contribution < 1.29 is 4.74 Å². The lowest BCUT2D eigenvalue weighted by molar-refractivity contribution is 0.0218. The van der Waals surface area contributed by atoms with Gasteiger partial charge in [-0.05, 0) is 26.0 Å². The van der Waals surface area contributed by atoms with Crippen LogP contribution in [0.4, 0.5) is 5.82 Å². The molecule has 0 radical (unpaired) electrons. The molecule has 1 unspecified atom stereocenters. The summed E-state index contributed by atoms with van der Waals surface area (Å²) in [6, 6.07) is 6.18. The summed E-state index contributed by atoms with van der Waals surface area (Å²) in [5.41, 5.74) is 2.53. The van der Waals surface area contributed by atoms with Gasteiger partial charge in [-0.15, -0.1) is 0 Å². The molecule has 8 heteroatoms. The molecule has 0 saturated carbocycles. The third-order valence-corrected chi connectivity index (χ3v) is 5.30. The first-order valence-corrected chi connectivity index (χ1v) is 9.70. The monoisotopic (exact) mass is 381 g/mol. The van der Waals surface area contributed by atoms with E-state index >= 15 is 0 Å². The van der Waals surface area contributed by atoms with Gasteiger partial charge in [0.1, 0.15) is 11.5 Å². The van der Waals surface area contributed by atoms with Crippen LogP contribution in [0, 0.1) is 6.92 Å². The predicted octanol–water partition coefficient (Wildman–Crippen LogP) is 1.89. The Morgan fingerprint density at radius 3 is 2.71 bits per heavy atom. The minimum atomic E-state index is 0.397. The van der Waals surface area contributed by atoms with E-state index in [0.29, 0.717) is 11.9 Å². The Labute approximate surface area is 165 Å². The zero-order valence-corrected chi connectivity index (χ0v) is 17.0. The molecular weight excluding hydrogens is 354 g/mol. The van der Waals surface area contributed by atoms with E-state index < -0.39 is 0 Å². The number of hydrogen-bond donors (Lipinski definition) is 0. The van der Waals surface area contributed by atoms with Crippen LogP contribution in [0.15, 0.2) is 24.4 Å². The van der Waals surface area contributed by atoms with Crippen molar-refractivity contribution in [3.8, 4) is 11.5 Å². The van der Waals surface area contributed by atoms with Crippen LogP contribution in [0.1, 0.15) is 12.6 Å². The highest BCUT2D eigenvalue weighted by Gasteiger charge is 2.23. The Hall–Kier alpha value is -2.58. The molecule has 28 heavy (non-hydrogen) atoms. The van der Waals surface area contributed by atoms with Gasteiger partial charge in [-0.3, -0.25) is 14.6 Å². The molecule has 0 aliphatic carbocycles. The maximum atomic E-state index is 5.49. The summed E-state index contributed by atoms with van der Waals surface area (Å²) < 4.78 is 7.31. The van der Waals surface area contributed by atoms with Crippen molar-refractivity contribution in [3.05, 3.63) is 30.1 Å². The highest BCUT2D eigenvalue weighted by molar-refractivity contribution is 5.91. The van der Waals surface area contributed by atoms with E-state index in [0.717, 1.165) is 61.1 Å². The zero-order valence-electron chi connectivity index (χ0n) is 17.0. The average Bonchev–Trinajstić information content (AvgIpc) is 3.02. The van der Waals surface area contributed by atoms with Crippen molar-refractivity contribution in [2.75, 3.05) is 44.8 Å². The molecule has 0 aromatic carbocycles. The van der Waals surface area contributed by atoms with Crippen LogP contribution in [0.25, 0.3) is 22.6 Å². The first-order chi connectivity index (χ1) is 13.5. The largest absolute Gasteiger partial charge is 0.379 e. The number of morpholine rings is 1. The van der Waals surface area contributed by atoms with Crippen LogP contribution in [0.3, 0.4) is 0 Å². The second-order valence-corrected chi connectivity index (χ2v) is 7.37. The third-order valence-electron chi connectivity index (χ3n) is 5.30. The van der Waals surface area contributed by atoms with Crippen molar-refractivity contribution >= 4 is 16.9 Å². The molecule has 1 aliphatic rings. The lowest BCUT2D eigenvalue weighted by Gasteiger charge is -2.34. The van der Waals surface area contributed by atoms with Gasteiger partial charge in [-0.2, -0.15) is 5.10 Å². The zero-order chi connectivity index (χ0) is 19.7. The van der Waals surface area contributed by atoms with Crippen LogP contribution in [0.2, 0.25) is 0 Å². The number of ether oxygens (including phenoxy) is 1. The second kappa shape index (κ2) is 7.81. The second-order valence-electron chi connectivity index (χ2n) is 7.37. The summed E-state index contributed by atoms with van der Waals surface area (Å²) in [4.78, 5) is 18.8. The SMILES string of the molecule is Cc1nn(C)c2nc(-c3ccccn3)nc(N(C)CC(C)N3CCOCC3)c12. The van der Waals surface area contributed by atoms with Gasteiger partial charge >= 0.3 is 0 Å². The molecule has 8 nitrogen and oxygen atoms in total. The number of anilines is 1. The van der Waals surface area contributed by atoms with Gasteiger partial charge in [-0.25, -0.2) is 9.97 Å². The fourth-order valence-corrected chi connectivity index (χ4v) is 3.82. The molecule has 0 bridgehead atoms. The third kappa shape index (κ3) is 3.57. The average molecular weight is 381 g/mol. The van der Waals surface area contributed by atoms with E-state index in [1.807, 2.05) is 36.9 Å². The number of likely N-dealkylation sites (N-methyl/N-ethyl adjacent to an activating group) is 1. The minimum Gasteiger partial charge on any atom is -0.379 e. The molecule has 1 fully saturated rings. The summed E-state index contributed by atoms with van der Waals surface area (Å²) in [7, 11) is 4.01. The highest BCUT2D eigenvalue weighted by Crippen LogP contribution is 2.29. The number of fused-ring (bicyclic) bond motifs is 1. The topological polar surface area (TPSA) is 72.2 Å². The summed E-state index contributed by atoms with van der Waals surface area (Å²) in [6.07, 6.45) is 1.77. The number of pyridine rings is 1. The van der Waals surface area contributed by atoms with Crippen molar-refractivity contribution in [1.29, 1.82) is 0 Å². The molecule has 1 atom stereocenters. The van der Waals surface area contributed by atoms with E-state index in [9.17, 15) is 0 Å². The van der Waals surface area contributed by atoms with Gasteiger partial charge in [0.15, 0.2) is 11.5 Å². The number of aryl methyl sites for hydroxylation is 2. The van der Waals surface area contributed by atoms with Crippen molar-refractivity contribution in [2.45, 2.75) is 19.9 Å². The molecule has 3 aromatic heterocycles. The number of aromatic nitrogens is 5. The molecule has 148 valence electrons. The summed E-state index contributed by atoms with van der Waals surface area (Å²) >= 11 is 0. The lowest BCUT2D eigenvalue weighted by atomic mass is 10.2. The molecule has 4 rings (SSSR count). The van der Waals surface area contributed by atoms with Gasteiger partial charge in [0.05, 0.1) is 24.3 Å². The van der Waals surface area contributed by atoms with Crippen molar-refractivity contribution in [1.82, 2.24) is 29.6 Å². The molecule has 4 heterocycles. The van der Waals surface area contributed by atoms with Crippen molar-refractivity contribution in [3.63, 3.8) is 0 Å². The number of nitrogens with zero attached hydrogens (tertiary/aromatic N) is 7. The number of rotatable bonds is 5. The van der Waals surface area contributed by atoms with E-state index in [2.05, 4.69) is 33.9 Å². The molecular formula is C20H27N7O. The lowest BCUT2D eigenvalue weighted by Crippen LogP contribution is -2.47. The van der Waals surface area contributed by atoms with Gasteiger partial charge in [0.25, 0.3) is 0 Å². The molecule has 1 aliphatic heterocycles. The molecule has 3 aromatic rings. The summed E-state index contributed by atoms with van der Waals surface area (Å²) in [6.45, 7) is 8.68. The van der Waals surface area contributed by atoms with Gasteiger partial charge in [0.2, 0.25) is 0 Å². The predicted molar refractivity (Wildman–Crippen MR) is 109 cm³/mol. The Bertz CT molecular complexity index is 950. The Kier molecular flexibility index (Phi) is 5.23. The Balaban J connectivity index is 1.72. The van der Waals surface area contributed by atoms with Gasteiger partial charge in [0, 0.05) is 46.0 Å². The summed E-state index contributed by atoms with van der Waals surface area (Å²) in [5, 5.41) is 5.58. The molecule has 0 amide bonds. The van der Waals surface area contributed by atoms with Crippen LogP contribution >= 0.6 is 0 Å². The maximum Gasteiger partial charge on any atom is 0.182 e. The van der Waals surface area contributed by atoms with Crippen molar-refractivity contribution in [2.24, 2.45) is 7.05 Å². The molecule has 1 saturated heterocycles. The minimum absolute atomic E-state index is 0.397. The van der Waals surface area contributed by atoms with Crippen LogP contribution in [-0.4, -0.2) is 75.6 Å². The van der Waals surface area contributed by atoms with E-state index in [1.165, 1.54) is 0 Å². The maximum absolute atomic E-state index is 5.49. The standard InChI is InChI=1S/C20H27N7O/c1-14(27-9-11-28-12-10-27)13-25(3)19-17-15(2)24-26(4)20(17)23-18(22-19)16-7-5-6-8-21-16/h5-8,14H,9-13H2,1-4H3. The fourth-order valence-electron chi connectivity index (χ4n) is 3.82. The molecule has 0 N–H and O–H groups in total. The molecule has 0 spiro atoms.